The Morgan fingerprint density at radius 1 is 1.20 bits per heavy atom. The Kier molecular flexibility index (Phi) is 4.95. The lowest BCUT2D eigenvalue weighted by molar-refractivity contribution is -0.138. The van der Waals surface area contributed by atoms with Crippen molar-refractivity contribution in [1.29, 1.82) is 5.26 Å². The molecule has 1 aliphatic heterocycles. The van der Waals surface area contributed by atoms with Gasteiger partial charge in [0.2, 0.25) is 5.91 Å². The number of carbonyl (C=O) groups excluding carboxylic acids is 1. The molecule has 6 rings (SSSR count). The molecule has 11 nitrogen and oxygen atoms in total. The normalized spacial score (nSPS) is 15.9. The van der Waals surface area contributed by atoms with Gasteiger partial charge in [-0.2, -0.15) is 10.4 Å². The molecule has 0 atom stereocenters. The monoisotopic (exact) mass is 468 g/mol. The Labute approximate surface area is 201 Å². The molecular weight excluding hydrogens is 444 g/mol. The van der Waals surface area contributed by atoms with Crippen LogP contribution in [0.4, 0.5) is 5.69 Å². The summed E-state index contributed by atoms with van der Waals surface area (Å²) in [4.78, 5) is 23.1. The average Bonchev–Trinajstić information content (AvgIpc) is 3.37. The van der Waals surface area contributed by atoms with E-state index < -0.39 is 0 Å². The van der Waals surface area contributed by atoms with Crippen LogP contribution in [0.5, 0.6) is 0 Å². The Bertz CT molecular complexity index is 1470. The number of rotatable bonds is 6. The molecule has 1 saturated carbocycles. The van der Waals surface area contributed by atoms with Crippen LogP contribution in [0.1, 0.15) is 38.3 Å². The van der Waals surface area contributed by atoms with Crippen LogP contribution in [0.2, 0.25) is 0 Å². The molecule has 35 heavy (non-hydrogen) atoms. The topological polar surface area (TPSA) is 141 Å². The van der Waals surface area contributed by atoms with Crippen molar-refractivity contribution < 1.29 is 4.79 Å². The van der Waals surface area contributed by atoms with E-state index in [1.165, 1.54) is 6.20 Å². The molecule has 2 fully saturated rings. The quantitative estimate of drug-likeness (QED) is 0.440. The van der Waals surface area contributed by atoms with E-state index in [2.05, 4.69) is 50.7 Å². The number of likely N-dealkylation sites (tertiary alicyclic amines) is 1. The largest absolute Gasteiger partial charge is 0.382 e. The second-order valence-corrected chi connectivity index (χ2v) is 9.46. The molecule has 4 aromatic rings. The summed E-state index contributed by atoms with van der Waals surface area (Å²) in [6.07, 6.45) is 8.89. The number of nitrogens with zero attached hydrogens (tertiary/aromatic N) is 8. The maximum Gasteiger partial charge on any atom is 0.225 e. The van der Waals surface area contributed by atoms with Gasteiger partial charge in [0.25, 0.3) is 0 Å². The van der Waals surface area contributed by atoms with Crippen LogP contribution < -0.4 is 5.32 Å². The smallest absolute Gasteiger partial charge is 0.225 e. The number of aromatic nitrogens is 7. The highest BCUT2D eigenvalue weighted by Gasteiger charge is 2.40. The van der Waals surface area contributed by atoms with Crippen LogP contribution >= 0.6 is 0 Å². The Hall–Kier alpha value is -4.33. The minimum atomic E-state index is 0.136. The van der Waals surface area contributed by atoms with E-state index in [1.54, 1.807) is 12.4 Å². The molecule has 0 spiro atoms. The summed E-state index contributed by atoms with van der Waals surface area (Å²) in [6, 6.07) is 4.44. The number of carbonyl (C=O) groups is 1. The molecule has 1 saturated heterocycles. The SMILES string of the molecule is CC(C)Nc1cc(-c2c(C#N)cnc3[nH]ncc23)ncc1-c1cn(C2CN(C(=O)C3CC3)C2)nn1. The number of amides is 1. The van der Waals surface area contributed by atoms with Crippen molar-refractivity contribution >= 4 is 22.6 Å². The number of hydrogen-bond acceptors (Lipinski definition) is 8. The van der Waals surface area contributed by atoms with Gasteiger partial charge in [0.15, 0.2) is 5.65 Å². The molecule has 11 heteroatoms. The molecule has 1 amide bonds. The number of anilines is 1. The zero-order valence-electron chi connectivity index (χ0n) is 19.4. The summed E-state index contributed by atoms with van der Waals surface area (Å²) in [5.41, 5.74) is 4.70. The molecule has 0 bridgehead atoms. The van der Waals surface area contributed by atoms with Crippen LogP contribution in [-0.2, 0) is 4.79 Å². The van der Waals surface area contributed by atoms with E-state index in [9.17, 15) is 10.1 Å². The third-order valence-electron chi connectivity index (χ3n) is 6.47. The van der Waals surface area contributed by atoms with Gasteiger partial charge in [0.05, 0.1) is 29.7 Å². The first-order valence-corrected chi connectivity index (χ1v) is 11.7. The number of nitriles is 1. The molecule has 4 aromatic heterocycles. The lowest BCUT2D eigenvalue weighted by atomic mass is 10.0. The lowest BCUT2D eigenvalue weighted by Gasteiger charge is -2.39. The van der Waals surface area contributed by atoms with E-state index in [1.807, 2.05) is 21.8 Å². The zero-order valence-corrected chi connectivity index (χ0v) is 19.4. The van der Waals surface area contributed by atoms with Crippen LogP contribution in [-0.4, -0.2) is 65.1 Å². The van der Waals surface area contributed by atoms with E-state index >= 15 is 0 Å². The molecule has 0 radical (unpaired) electrons. The van der Waals surface area contributed by atoms with Crippen molar-refractivity contribution in [2.45, 2.75) is 38.8 Å². The van der Waals surface area contributed by atoms with Crippen LogP contribution in [0.3, 0.4) is 0 Å². The number of H-pyrrole nitrogens is 1. The van der Waals surface area contributed by atoms with E-state index in [-0.39, 0.29) is 23.9 Å². The molecule has 176 valence electrons. The van der Waals surface area contributed by atoms with Gasteiger partial charge in [0.1, 0.15) is 11.8 Å². The van der Waals surface area contributed by atoms with Crippen molar-refractivity contribution in [1.82, 2.24) is 40.1 Å². The fourth-order valence-electron chi connectivity index (χ4n) is 4.46. The predicted octanol–water partition coefficient (Wildman–Crippen LogP) is 2.76. The fraction of sp³-hybridized carbons (Fsp3) is 0.375. The summed E-state index contributed by atoms with van der Waals surface area (Å²) in [6.45, 7) is 5.46. The third-order valence-corrected chi connectivity index (χ3v) is 6.47. The van der Waals surface area contributed by atoms with Crippen molar-refractivity contribution in [3.63, 3.8) is 0 Å². The third kappa shape index (κ3) is 3.77. The number of aromatic amines is 1. The van der Waals surface area contributed by atoms with E-state index in [4.69, 9.17) is 4.98 Å². The molecule has 1 aliphatic carbocycles. The molecular formula is C24H24N10O. The van der Waals surface area contributed by atoms with Crippen molar-refractivity contribution in [3.8, 4) is 28.6 Å². The van der Waals surface area contributed by atoms with Gasteiger partial charge >= 0.3 is 0 Å². The van der Waals surface area contributed by atoms with E-state index in [0.29, 0.717) is 41.3 Å². The summed E-state index contributed by atoms with van der Waals surface area (Å²) >= 11 is 0. The fourth-order valence-corrected chi connectivity index (χ4v) is 4.46. The highest BCUT2D eigenvalue weighted by molar-refractivity contribution is 5.95. The van der Waals surface area contributed by atoms with Gasteiger partial charge in [-0.15, -0.1) is 5.10 Å². The maximum atomic E-state index is 12.2. The van der Waals surface area contributed by atoms with Crippen molar-refractivity contribution in [2.24, 2.45) is 5.92 Å². The van der Waals surface area contributed by atoms with Gasteiger partial charge in [0, 0.05) is 59.6 Å². The van der Waals surface area contributed by atoms with Gasteiger partial charge in [-0.1, -0.05) is 5.21 Å². The zero-order chi connectivity index (χ0) is 24.1. The second kappa shape index (κ2) is 8.16. The standard InChI is InChI=1S/C24H24N10O/c1-13(2)29-19-5-20(22-15(6-25)7-27-23-18(22)9-28-31-23)26-8-17(19)21-12-34(32-30-21)16-10-33(11-16)24(35)14-3-4-14/h5,7-9,12-14,16H,3-4,10-11H2,1-2H3,(H,26,29)(H,27,28,31). The van der Waals surface area contributed by atoms with Crippen LogP contribution in [0, 0.1) is 17.2 Å². The molecule has 5 heterocycles. The van der Waals surface area contributed by atoms with Gasteiger partial charge in [-0.25, -0.2) is 9.67 Å². The number of fused-ring (bicyclic) bond motifs is 1. The summed E-state index contributed by atoms with van der Waals surface area (Å²) in [5.74, 6) is 0.506. The first-order valence-electron chi connectivity index (χ1n) is 11.7. The molecule has 0 aromatic carbocycles. The van der Waals surface area contributed by atoms with Gasteiger partial charge in [-0.3, -0.25) is 14.9 Å². The molecule has 2 N–H and O–H groups in total. The predicted molar refractivity (Wildman–Crippen MR) is 128 cm³/mol. The highest BCUT2D eigenvalue weighted by Crippen LogP contribution is 2.36. The first-order chi connectivity index (χ1) is 17.0. The molecule has 0 unspecified atom stereocenters. The number of nitrogens with one attached hydrogen (secondary N) is 2. The number of hydrogen-bond donors (Lipinski definition) is 2. The van der Waals surface area contributed by atoms with E-state index in [0.717, 1.165) is 29.5 Å². The van der Waals surface area contributed by atoms with Crippen molar-refractivity contribution in [2.75, 3.05) is 18.4 Å². The minimum Gasteiger partial charge on any atom is -0.382 e. The summed E-state index contributed by atoms with van der Waals surface area (Å²) in [7, 11) is 0. The lowest BCUT2D eigenvalue weighted by Crippen LogP contribution is -2.51. The molecule has 2 aliphatic rings. The van der Waals surface area contributed by atoms with Crippen molar-refractivity contribution in [3.05, 3.63) is 36.4 Å². The van der Waals surface area contributed by atoms with Crippen LogP contribution in [0.15, 0.2) is 30.9 Å². The van der Waals surface area contributed by atoms with Gasteiger partial charge in [-0.05, 0) is 32.8 Å². The maximum absolute atomic E-state index is 12.2. The average molecular weight is 469 g/mol. The first kappa shape index (κ1) is 21.2. The Balaban J connectivity index is 1.33. The highest BCUT2D eigenvalue weighted by atomic mass is 16.2. The number of pyridine rings is 2. The Morgan fingerprint density at radius 2 is 2.03 bits per heavy atom. The minimum absolute atomic E-state index is 0.136. The summed E-state index contributed by atoms with van der Waals surface area (Å²) in [5, 5.41) is 29.6. The Morgan fingerprint density at radius 3 is 2.77 bits per heavy atom. The summed E-state index contributed by atoms with van der Waals surface area (Å²) < 4.78 is 1.84. The van der Waals surface area contributed by atoms with Crippen LogP contribution in [0.25, 0.3) is 33.5 Å². The van der Waals surface area contributed by atoms with Gasteiger partial charge < -0.3 is 10.2 Å². The second-order valence-electron chi connectivity index (χ2n) is 9.46.